The largest absolute Gasteiger partial charge is 0.480 e. The lowest BCUT2D eigenvalue weighted by atomic mass is 10.1. The number of likely N-dealkylation sites (tertiary alicyclic amines) is 1. The number of aliphatic carboxylic acids is 1. The van der Waals surface area contributed by atoms with Crippen molar-refractivity contribution in [2.75, 3.05) is 6.54 Å². The molecule has 0 unspecified atom stereocenters. The zero-order valence-corrected chi connectivity index (χ0v) is 25.5. The molecule has 1 aliphatic heterocycles. The van der Waals surface area contributed by atoms with Crippen molar-refractivity contribution >= 4 is 29.6 Å². The fourth-order valence-electron chi connectivity index (χ4n) is 5.25. The summed E-state index contributed by atoms with van der Waals surface area (Å²) in [6.07, 6.45) is 11.8. The van der Waals surface area contributed by atoms with E-state index in [9.17, 15) is 29.1 Å². The molecular formula is C32H50N4O6. The maximum Gasteiger partial charge on any atom is 0.326 e. The summed E-state index contributed by atoms with van der Waals surface area (Å²) in [5, 5.41) is 17.6. The van der Waals surface area contributed by atoms with Crippen molar-refractivity contribution in [2.45, 2.75) is 128 Å². The Kier molecular flexibility index (Phi) is 15.6. The minimum absolute atomic E-state index is 0.123. The van der Waals surface area contributed by atoms with Crippen molar-refractivity contribution in [1.82, 2.24) is 20.9 Å². The van der Waals surface area contributed by atoms with E-state index in [1.54, 1.807) is 38.1 Å². The van der Waals surface area contributed by atoms with Gasteiger partial charge in [0.15, 0.2) is 0 Å². The molecule has 2 rings (SSSR count). The van der Waals surface area contributed by atoms with Crippen LogP contribution in [0, 0.1) is 0 Å². The van der Waals surface area contributed by atoms with Crippen molar-refractivity contribution in [1.29, 1.82) is 0 Å². The summed E-state index contributed by atoms with van der Waals surface area (Å²) in [6.45, 7) is 5.65. The van der Waals surface area contributed by atoms with Gasteiger partial charge in [-0.15, -0.1) is 0 Å². The number of hydrogen-bond acceptors (Lipinski definition) is 5. The standard InChI is InChI=1S/C32H50N4O6/c1-4-5-6-7-8-9-10-11-15-20-28(37)33-23(2)29(38)34-24(3)31(40)36-21-16-19-27(36)30(39)35-26(32(41)42)22-25-17-13-12-14-18-25/h12-14,17-18,23-24,26-27H,4-11,15-16,19-22H2,1-3H3,(H,33,37)(H,34,38)(H,35,39)(H,41,42)/t23-,24-,26-,27-/m0/s1. The van der Waals surface area contributed by atoms with Gasteiger partial charge in [-0.2, -0.15) is 0 Å². The fourth-order valence-corrected chi connectivity index (χ4v) is 5.25. The summed E-state index contributed by atoms with van der Waals surface area (Å²) in [6, 6.07) is 5.34. The number of nitrogens with one attached hydrogen (secondary N) is 3. The lowest BCUT2D eigenvalue weighted by Crippen LogP contribution is -2.56. The van der Waals surface area contributed by atoms with Crippen LogP contribution in [0.3, 0.4) is 0 Å². The highest BCUT2D eigenvalue weighted by molar-refractivity contribution is 5.95. The van der Waals surface area contributed by atoms with Crippen molar-refractivity contribution in [3.8, 4) is 0 Å². The van der Waals surface area contributed by atoms with E-state index in [0.29, 0.717) is 25.8 Å². The van der Waals surface area contributed by atoms with Gasteiger partial charge >= 0.3 is 5.97 Å². The lowest BCUT2D eigenvalue weighted by Gasteiger charge is -2.28. The first-order valence-corrected chi connectivity index (χ1v) is 15.6. The Bertz CT molecular complexity index is 1020. The maximum atomic E-state index is 13.2. The van der Waals surface area contributed by atoms with Crippen LogP contribution in [-0.4, -0.2) is 70.3 Å². The molecule has 4 amide bonds. The summed E-state index contributed by atoms with van der Waals surface area (Å²) in [4.78, 5) is 64.4. The molecule has 10 nitrogen and oxygen atoms in total. The second-order valence-electron chi connectivity index (χ2n) is 11.4. The van der Waals surface area contributed by atoms with Gasteiger partial charge in [0.2, 0.25) is 23.6 Å². The summed E-state index contributed by atoms with van der Waals surface area (Å²) in [5.41, 5.74) is 0.773. The molecule has 1 heterocycles. The van der Waals surface area contributed by atoms with Gasteiger partial charge in [-0.3, -0.25) is 19.2 Å². The molecular weight excluding hydrogens is 536 g/mol. The van der Waals surface area contributed by atoms with Gasteiger partial charge in [-0.25, -0.2) is 4.79 Å². The van der Waals surface area contributed by atoms with Crippen LogP contribution < -0.4 is 16.0 Å². The third-order valence-corrected chi connectivity index (χ3v) is 7.74. The van der Waals surface area contributed by atoms with E-state index in [4.69, 9.17) is 0 Å². The molecule has 4 atom stereocenters. The molecule has 1 saturated heterocycles. The van der Waals surface area contributed by atoms with E-state index >= 15 is 0 Å². The Morgan fingerprint density at radius 1 is 0.857 bits per heavy atom. The molecule has 0 bridgehead atoms. The second kappa shape index (κ2) is 18.9. The monoisotopic (exact) mass is 586 g/mol. The number of unbranched alkanes of at least 4 members (excludes halogenated alkanes) is 8. The van der Waals surface area contributed by atoms with Crippen LogP contribution in [0.4, 0.5) is 0 Å². The number of amides is 4. The third kappa shape index (κ3) is 12.2. The number of carbonyl (C=O) groups is 5. The van der Waals surface area contributed by atoms with Gasteiger partial charge in [0.05, 0.1) is 0 Å². The Hall–Kier alpha value is -3.43. The zero-order chi connectivity index (χ0) is 30.9. The number of rotatable bonds is 19. The molecule has 4 N–H and O–H groups in total. The van der Waals surface area contributed by atoms with Crippen molar-refractivity contribution < 1.29 is 29.1 Å². The minimum Gasteiger partial charge on any atom is -0.480 e. The first kappa shape index (κ1) is 34.8. The summed E-state index contributed by atoms with van der Waals surface area (Å²) >= 11 is 0. The van der Waals surface area contributed by atoms with Crippen LogP contribution in [-0.2, 0) is 30.4 Å². The number of carboxylic acid groups (broad SMARTS) is 1. The van der Waals surface area contributed by atoms with Gasteiger partial charge in [-0.05, 0) is 38.7 Å². The average Bonchev–Trinajstić information content (AvgIpc) is 3.46. The van der Waals surface area contributed by atoms with E-state index in [1.807, 2.05) is 6.07 Å². The van der Waals surface area contributed by atoms with Crippen molar-refractivity contribution in [3.63, 3.8) is 0 Å². The molecule has 10 heteroatoms. The van der Waals surface area contributed by atoms with E-state index in [2.05, 4.69) is 22.9 Å². The second-order valence-corrected chi connectivity index (χ2v) is 11.4. The van der Waals surface area contributed by atoms with Crippen molar-refractivity contribution in [2.24, 2.45) is 0 Å². The molecule has 0 radical (unpaired) electrons. The first-order valence-electron chi connectivity index (χ1n) is 15.6. The van der Waals surface area contributed by atoms with Gasteiger partial charge in [0.1, 0.15) is 24.2 Å². The molecule has 0 saturated carbocycles. The molecule has 1 fully saturated rings. The summed E-state index contributed by atoms with van der Waals surface area (Å²) in [7, 11) is 0. The van der Waals surface area contributed by atoms with Crippen LogP contribution in [0.5, 0.6) is 0 Å². The van der Waals surface area contributed by atoms with Crippen LogP contribution in [0.15, 0.2) is 30.3 Å². The lowest BCUT2D eigenvalue weighted by molar-refractivity contribution is -0.144. The van der Waals surface area contributed by atoms with Crippen molar-refractivity contribution in [3.05, 3.63) is 35.9 Å². The minimum atomic E-state index is -1.16. The normalized spacial score (nSPS) is 16.7. The number of hydrogen-bond donors (Lipinski definition) is 4. The van der Waals surface area contributed by atoms with Gasteiger partial charge < -0.3 is 26.0 Å². The smallest absolute Gasteiger partial charge is 0.326 e. The number of carboxylic acids is 1. The summed E-state index contributed by atoms with van der Waals surface area (Å²) < 4.78 is 0. The van der Waals surface area contributed by atoms with E-state index in [0.717, 1.165) is 24.8 Å². The predicted octanol–water partition coefficient (Wildman–Crippen LogP) is 3.72. The van der Waals surface area contributed by atoms with Crippen LogP contribution >= 0.6 is 0 Å². The fraction of sp³-hybridized carbons (Fsp3) is 0.656. The van der Waals surface area contributed by atoms with Gasteiger partial charge in [0, 0.05) is 19.4 Å². The molecule has 234 valence electrons. The molecule has 1 aromatic carbocycles. The summed E-state index contributed by atoms with van der Waals surface area (Å²) in [5.74, 6) is -2.79. The van der Waals surface area contributed by atoms with E-state index in [-0.39, 0.29) is 12.3 Å². The predicted molar refractivity (Wildman–Crippen MR) is 162 cm³/mol. The Morgan fingerprint density at radius 2 is 1.48 bits per heavy atom. The Morgan fingerprint density at radius 3 is 2.10 bits per heavy atom. The van der Waals surface area contributed by atoms with E-state index in [1.165, 1.54) is 43.4 Å². The maximum absolute atomic E-state index is 13.2. The van der Waals surface area contributed by atoms with Gasteiger partial charge in [0.25, 0.3) is 0 Å². The third-order valence-electron chi connectivity index (χ3n) is 7.74. The molecule has 0 aromatic heterocycles. The first-order chi connectivity index (χ1) is 20.1. The Labute approximate surface area is 250 Å². The van der Waals surface area contributed by atoms with Crippen LogP contribution in [0.1, 0.15) is 103 Å². The highest BCUT2D eigenvalue weighted by atomic mass is 16.4. The van der Waals surface area contributed by atoms with Crippen LogP contribution in [0.2, 0.25) is 0 Å². The Balaban J connectivity index is 1.76. The number of carbonyl (C=O) groups excluding carboxylic acids is 4. The number of nitrogens with zero attached hydrogens (tertiary/aromatic N) is 1. The molecule has 42 heavy (non-hydrogen) atoms. The molecule has 0 spiro atoms. The van der Waals surface area contributed by atoms with Gasteiger partial charge in [-0.1, -0.05) is 88.6 Å². The molecule has 0 aliphatic carbocycles. The van der Waals surface area contributed by atoms with Crippen LogP contribution in [0.25, 0.3) is 0 Å². The highest BCUT2D eigenvalue weighted by Gasteiger charge is 2.38. The SMILES string of the molecule is CCCCCCCCCCCC(=O)N[C@@H](C)C(=O)N[C@@H](C)C(=O)N1CCC[C@H]1C(=O)N[C@@H](Cc1ccccc1)C(=O)O. The number of benzene rings is 1. The topological polar surface area (TPSA) is 145 Å². The molecule has 1 aliphatic rings. The van der Waals surface area contributed by atoms with E-state index < -0.39 is 47.9 Å². The molecule has 1 aromatic rings. The zero-order valence-electron chi connectivity index (χ0n) is 25.5. The highest BCUT2D eigenvalue weighted by Crippen LogP contribution is 2.19. The average molecular weight is 587 g/mol. The quantitative estimate of drug-likeness (QED) is 0.182.